The first kappa shape index (κ1) is 15.3. The van der Waals surface area contributed by atoms with E-state index in [-0.39, 0.29) is 18.7 Å². The number of amides is 1. The Morgan fingerprint density at radius 1 is 1.54 bits per heavy atom. The molecule has 4 rings (SSSR count). The van der Waals surface area contributed by atoms with Crippen LogP contribution in [-0.4, -0.2) is 37.1 Å². The van der Waals surface area contributed by atoms with Gasteiger partial charge in [0.15, 0.2) is 5.84 Å². The number of fused-ring (bicyclic) bond motifs is 3. The third kappa shape index (κ3) is 2.42. The van der Waals surface area contributed by atoms with Gasteiger partial charge in [-0.1, -0.05) is 0 Å². The van der Waals surface area contributed by atoms with E-state index in [0.29, 0.717) is 18.5 Å². The maximum absolute atomic E-state index is 12.0. The molecule has 1 amide bonds. The smallest absolute Gasteiger partial charge is 0.271 e. The van der Waals surface area contributed by atoms with E-state index < -0.39 is 0 Å². The fourth-order valence-electron chi connectivity index (χ4n) is 3.22. The van der Waals surface area contributed by atoms with Crippen LogP contribution in [-0.2, 0) is 4.79 Å². The van der Waals surface area contributed by atoms with Crippen LogP contribution in [0.25, 0.3) is 0 Å². The zero-order valence-electron chi connectivity index (χ0n) is 13.0. The molecule has 3 aliphatic heterocycles. The van der Waals surface area contributed by atoms with Gasteiger partial charge in [0.25, 0.3) is 12.6 Å². The normalized spacial score (nSPS) is 22.3. The summed E-state index contributed by atoms with van der Waals surface area (Å²) in [5, 5.41) is 16.5. The van der Waals surface area contributed by atoms with Crippen LogP contribution >= 0.6 is 15.9 Å². The second kappa shape index (κ2) is 5.70. The Bertz CT molecular complexity index is 787. The Hall–Kier alpha value is -2.21. The number of rotatable bonds is 2. The fourth-order valence-corrected chi connectivity index (χ4v) is 3.66. The second-order valence-corrected chi connectivity index (χ2v) is 7.13. The minimum Gasteiger partial charge on any atom is -0.483 e. The lowest BCUT2D eigenvalue weighted by Crippen LogP contribution is -2.55. The average molecular weight is 388 g/mol. The highest BCUT2D eigenvalue weighted by molar-refractivity contribution is 9.10. The molecule has 0 saturated carbocycles. The van der Waals surface area contributed by atoms with Crippen molar-refractivity contribution in [2.24, 2.45) is 5.10 Å². The molecule has 9 heteroatoms. The molecule has 0 radical (unpaired) electrons. The van der Waals surface area contributed by atoms with Gasteiger partial charge in [-0.05, 0) is 47.6 Å². The van der Waals surface area contributed by atoms with Crippen LogP contribution in [0, 0.1) is 11.2 Å². The van der Waals surface area contributed by atoms with Crippen LogP contribution in [0.2, 0.25) is 12.6 Å². The monoisotopic (exact) mass is 387 g/mol. The van der Waals surface area contributed by atoms with E-state index in [4.69, 9.17) is 10.00 Å². The number of halogens is 1. The summed E-state index contributed by atoms with van der Waals surface area (Å²) in [6.07, 6.45) is 1.71. The third-order valence-corrected chi connectivity index (χ3v) is 5.34. The molecule has 1 fully saturated rings. The number of nitrogens with zero attached hydrogens (tertiary/aromatic N) is 3. The highest BCUT2D eigenvalue weighted by Gasteiger charge is 2.37. The lowest BCUT2D eigenvalue weighted by Gasteiger charge is -2.38. The molecule has 0 aliphatic carbocycles. The van der Waals surface area contributed by atoms with E-state index in [9.17, 15) is 4.79 Å². The summed E-state index contributed by atoms with van der Waals surface area (Å²) in [6.45, 7) is 2.31. The largest absolute Gasteiger partial charge is 0.483 e. The molecule has 3 heterocycles. The first-order valence-electron chi connectivity index (χ1n) is 7.85. The van der Waals surface area contributed by atoms with Crippen LogP contribution in [0.1, 0.15) is 6.92 Å². The molecule has 0 aromatic heterocycles. The number of carbonyl (C=O) groups excluding carboxylic acids is 1. The molecule has 2 N–H and O–H groups in total. The number of carbonyl (C=O) groups is 1. The number of nitrogens with one attached hydrogen (secondary N) is 2. The number of nitriles is 1. The molecule has 1 saturated heterocycles. The Labute approximate surface area is 148 Å². The zero-order valence-corrected chi connectivity index (χ0v) is 14.6. The predicted molar refractivity (Wildman–Crippen MR) is 95.5 cm³/mol. The van der Waals surface area contributed by atoms with Crippen molar-refractivity contribution in [3.05, 3.63) is 16.6 Å². The molecule has 122 valence electrons. The molecule has 1 atom stereocenters. The van der Waals surface area contributed by atoms with Gasteiger partial charge in [-0.2, -0.15) is 5.10 Å². The summed E-state index contributed by atoms with van der Waals surface area (Å²) in [5.41, 5.74) is 4.27. The van der Waals surface area contributed by atoms with Crippen molar-refractivity contribution in [3.63, 3.8) is 0 Å². The SMILES string of the molecule is CC1C(=O)NN=C2COc3cc(Br)c(NC4CB(C#N)C4)cc3N21. The highest BCUT2D eigenvalue weighted by Crippen LogP contribution is 2.41. The van der Waals surface area contributed by atoms with Gasteiger partial charge in [0.05, 0.1) is 11.4 Å². The summed E-state index contributed by atoms with van der Waals surface area (Å²) >= 11 is 3.57. The van der Waals surface area contributed by atoms with Gasteiger partial charge in [-0.3, -0.25) is 4.79 Å². The zero-order chi connectivity index (χ0) is 16.8. The van der Waals surface area contributed by atoms with Crippen molar-refractivity contribution in [1.82, 2.24) is 5.43 Å². The van der Waals surface area contributed by atoms with E-state index in [2.05, 4.69) is 37.7 Å². The highest BCUT2D eigenvalue weighted by atomic mass is 79.9. The minimum absolute atomic E-state index is 0.139. The topological polar surface area (TPSA) is 89.7 Å². The predicted octanol–water partition coefficient (Wildman–Crippen LogP) is 1.83. The minimum atomic E-state index is -0.346. The molecule has 7 nitrogen and oxygen atoms in total. The summed E-state index contributed by atoms with van der Waals surface area (Å²) in [6, 6.07) is 3.83. The number of hydrogen-bond acceptors (Lipinski definition) is 6. The maximum atomic E-state index is 12.0. The van der Waals surface area contributed by atoms with E-state index in [0.717, 1.165) is 34.2 Å². The molecular formula is C15H15BBrN5O2. The quantitative estimate of drug-likeness (QED) is 0.755. The summed E-state index contributed by atoms with van der Waals surface area (Å²) < 4.78 is 6.67. The summed E-state index contributed by atoms with van der Waals surface area (Å²) in [5.74, 6) is 3.56. The molecule has 24 heavy (non-hydrogen) atoms. The Morgan fingerprint density at radius 2 is 2.33 bits per heavy atom. The Kier molecular flexibility index (Phi) is 3.64. The van der Waals surface area contributed by atoms with Crippen LogP contribution in [0.3, 0.4) is 0 Å². The summed E-state index contributed by atoms with van der Waals surface area (Å²) in [7, 11) is 0. The Balaban J connectivity index is 1.66. The van der Waals surface area contributed by atoms with Crippen LogP contribution in [0.4, 0.5) is 11.4 Å². The number of anilines is 2. The van der Waals surface area contributed by atoms with Gasteiger partial charge >= 0.3 is 0 Å². The van der Waals surface area contributed by atoms with Gasteiger partial charge in [0, 0.05) is 16.5 Å². The lowest BCUT2D eigenvalue weighted by molar-refractivity contribution is -0.122. The van der Waals surface area contributed by atoms with Crippen LogP contribution < -0.4 is 20.4 Å². The molecule has 3 aliphatic rings. The van der Waals surface area contributed by atoms with Crippen molar-refractivity contribution in [2.75, 3.05) is 16.8 Å². The van der Waals surface area contributed by atoms with E-state index in [1.807, 2.05) is 24.0 Å². The summed E-state index contributed by atoms with van der Waals surface area (Å²) in [4.78, 5) is 13.9. The first-order chi connectivity index (χ1) is 11.6. The van der Waals surface area contributed by atoms with Gasteiger partial charge in [-0.25, -0.2) is 10.7 Å². The lowest BCUT2D eigenvalue weighted by atomic mass is 9.34. The van der Waals surface area contributed by atoms with E-state index >= 15 is 0 Å². The number of ether oxygens (including phenoxy) is 1. The van der Waals surface area contributed by atoms with E-state index in [1.54, 1.807) is 0 Å². The van der Waals surface area contributed by atoms with Gasteiger partial charge in [0.2, 0.25) is 0 Å². The third-order valence-electron chi connectivity index (χ3n) is 4.69. The molecule has 1 aromatic rings. The molecule has 0 bridgehead atoms. The van der Waals surface area contributed by atoms with Crippen LogP contribution in [0.15, 0.2) is 21.7 Å². The number of hydrazone groups is 1. The molecule has 0 spiro atoms. The second-order valence-electron chi connectivity index (χ2n) is 6.28. The Morgan fingerprint density at radius 3 is 3.08 bits per heavy atom. The number of benzene rings is 1. The van der Waals surface area contributed by atoms with Crippen LogP contribution in [0.5, 0.6) is 5.75 Å². The average Bonchev–Trinajstić information content (AvgIpc) is 2.54. The van der Waals surface area contributed by atoms with E-state index in [1.165, 1.54) is 0 Å². The molecular weight excluding hydrogens is 373 g/mol. The number of hydrogen-bond donors (Lipinski definition) is 2. The van der Waals surface area contributed by atoms with Crippen molar-refractivity contribution in [2.45, 2.75) is 31.6 Å². The standard InChI is InChI=1S/C15H15BBrN5O2/c1-8-15(23)21-20-14-6-24-13-2-10(17)11(3-12(13)22(8)14)19-9-4-16(5-9)7-18/h2-3,8-9,19H,4-6H2,1H3,(H,21,23). The van der Waals surface area contributed by atoms with Crippen molar-refractivity contribution >= 4 is 45.8 Å². The van der Waals surface area contributed by atoms with Gasteiger partial charge < -0.3 is 15.0 Å². The molecule has 1 unspecified atom stereocenters. The fraction of sp³-hybridized carbons (Fsp3) is 0.400. The maximum Gasteiger partial charge on any atom is 0.271 e. The van der Waals surface area contributed by atoms with Gasteiger partial charge in [0.1, 0.15) is 18.4 Å². The van der Waals surface area contributed by atoms with Crippen molar-refractivity contribution < 1.29 is 9.53 Å². The van der Waals surface area contributed by atoms with Crippen molar-refractivity contribution in [1.29, 1.82) is 5.26 Å². The number of amidine groups is 1. The first-order valence-corrected chi connectivity index (χ1v) is 8.64. The molecule has 1 aromatic carbocycles. The van der Waals surface area contributed by atoms with Gasteiger partial charge in [-0.15, -0.1) is 0 Å². The van der Waals surface area contributed by atoms with Crippen molar-refractivity contribution in [3.8, 4) is 11.7 Å².